The molecule has 0 aromatic heterocycles. The summed E-state index contributed by atoms with van der Waals surface area (Å²) in [7, 11) is 0. The fourth-order valence-corrected chi connectivity index (χ4v) is 2.34. The zero-order valence-electron chi connectivity index (χ0n) is 7.86. The third kappa shape index (κ3) is 2.96. The molecule has 8 nitrogen and oxygen atoms in total. The Morgan fingerprint density at radius 1 is 0.875 bits per heavy atom. The van der Waals surface area contributed by atoms with Crippen LogP contribution in [0.5, 0.6) is 0 Å². The zero-order chi connectivity index (χ0) is 12.7. The second kappa shape index (κ2) is 4.91. The van der Waals surface area contributed by atoms with Gasteiger partial charge < -0.3 is 35.3 Å². The second-order valence-corrected chi connectivity index (χ2v) is 6.13. The van der Waals surface area contributed by atoms with Gasteiger partial charge in [0.1, 0.15) is 36.6 Å². The molecule has 0 saturated heterocycles. The molecule has 0 aromatic rings. The van der Waals surface area contributed by atoms with Crippen LogP contribution in [0, 0.1) is 0 Å². The van der Waals surface area contributed by atoms with Crippen molar-refractivity contribution in [2.75, 3.05) is 0 Å². The van der Waals surface area contributed by atoms with Crippen LogP contribution in [0.4, 0.5) is 0 Å². The van der Waals surface area contributed by atoms with E-state index in [1.54, 1.807) is 0 Å². The van der Waals surface area contributed by atoms with Gasteiger partial charge in [-0.25, -0.2) is 0 Å². The summed E-state index contributed by atoms with van der Waals surface area (Å²) in [5.41, 5.74) is 0. The molecular weight excluding hydrogens is 264 g/mol. The first kappa shape index (κ1) is 14.4. The Hall–Kier alpha value is 0.330. The first-order valence-electron chi connectivity index (χ1n) is 4.29. The second-order valence-electron chi connectivity index (χ2n) is 3.51. The summed E-state index contributed by atoms with van der Waals surface area (Å²) in [5.74, 6) is 0. The third-order valence-electron chi connectivity index (χ3n) is 2.33. The minimum absolute atomic E-state index is 1.69. The average molecular weight is 277 g/mol. The van der Waals surface area contributed by atoms with Gasteiger partial charge in [-0.2, -0.15) is 0 Å². The molecule has 0 heterocycles. The number of aliphatic hydroxyl groups is 5. The maximum Gasteiger partial charge on any atom is 0.322 e. The first-order valence-corrected chi connectivity index (χ1v) is 6.92. The lowest BCUT2D eigenvalue weighted by molar-refractivity contribution is -0.218. The molecule has 16 heavy (non-hydrogen) atoms. The van der Waals surface area contributed by atoms with Crippen LogP contribution >= 0.6 is 6.72 Å². The van der Waals surface area contributed by atoms with Gasteiger partial charge >= 0.3 is 6.72 Å². The molecule has 1 saturated carbocycles. The highest BCUT2D eigenvalue weighted by atomic mass is 32.5. The molecule has 0 spiro atoms. The van der Waals surface area contributed by atoms with Crippen LogP contribution in [0.2, 0.25) is 0 Å². The lowest BCUT2D eigenvalue weighted by Gasteiger charge is -2.41. The van der Waals surface area contributed by atoms with Crippen molar-refractivity contribution in [1.82, 2.24) is 0 Å². The molecule has 7 N–H and O–H groups in total. The topological polar surface area (TPSA) is 151 Å². The van der Waals surface area contributed by atoms with Crippen LogP contribution in [0.25, 0.3) is 0 Å². The number of aliphatic hydroxyl groups excluding tert-OH is 5. The number of hydrogen-bond donors (Lipinski definition) is 7. The summed E-state index contributed by atoms with van der Waals surface area (Å²) in [6, 6.07) is 0. The summed E-state index contributed by atoms with van der Waals surface area (Å²) in [4.78, 5) is 17.7. The summed E-state index contributed by atoms with van der Waals surface area (Å²) in [5, 5.41) is 46.5. The van der Waals surface area contributed by atoms with Gasteiger partial charge in [-0.15, -0.1) is 0 Å². The van der Waals surface area contributed by atoms with E-state index in [0.29, 0.717) is 0 Å². The van der Waals surface area contributed by atoms with Gasteiger partial charge in [-0.1, -0.05) is 0 Å². The predicted molar refractivity (Wildman–Crippen MR) is 53.6 cm³/mol. The predicted octanol–water partition coefficient (Wildman–Crippen LogP) is -3.60. The van der Waals surface area contributed by atoms with E-state index in [9.17, 15) is 25.5 Å². The molecular formula is C6H13O8PS. The maximum absolute atomic E-state index is 9.40. The van der Waals surface area contributed by atoms with Crippen molar-refractivity contribution in [3.05, 3.63) is 0 Å². The molecule has 0 bridgehead atoms. The minimum atomic E-state index is -4.17. The molecule has 0 radical (unpaired) electrons. The monoisotopic (exact) mass is 277 g/mol. The van der Waals surface area contributed by atoms with Crippen LogP contribution in [-0.2, 0) is 16.3 Å². The largest absolute Gasteiger partial charge is 0.387 e. The molecule has 3 unspecified atom stereocenters. The van der Waals surface area contributed by atoms with Crippen LogP contribution in [0.3, 0.4) is 0 Å². The molecule has 0 aromatic carbocycles. The standard InChI is InChI=1S/C6H13O8PS/c7-1-2(8)4(10)6(5(11)3(1)9)14-15(12,13)16/h1-11H,(H2,12,13,16)/t1?,2-,3+,4-,5-,6?/m1/s1/i12+1/t1?,2-,3+,4-,5-,6?,15?. The molecule has 0 amide bonds. The lowest BCUT2D eigenvalue weighted by Crippen LogP contribution is -2.64. The number of hydrogen-bond acceptors (Lipinski definition) is 7. The van der Waals surface area contributed by atoms with E-state index in [0.717, 1.165) is 0 Å². The smallest absolute Gasteiger partial charge is 0.322 e. The van der Waals surface area contributed by atoms with Crippen molar-refractivity contribution in [2.24, 2.45) is 0 Å². The van der Waals surface area contributed by atoms with Crippen molar-refractivity contribution >= 4 is 18.5 Å². The Morgan fingerprint density at radius 2 is 1.19 bits per heavy atom. The summed E-state index contributed by atoms with van der Waals surface area (Å²) in [6.45, 7) is -4.17. The van der Waals surface area contributed by atoms with Gasteiger partial charge in [0.15, 0.2) is 0 Å². The van der Waals surface area contributed by atoms with Gasteiger partial charge in [0, 0.05) is 0 Å². The van der Waals surface area contributed by atoms with Crippen molar-refractivity contribution < 1.29 is 39.8 Å². The lowest BCUT2D eigenvalue weighted by atomic mass is 9.85. The van der Waals surface area contributed by atoms with E-state index < -0.39 is 43.3 Å². The third-order valence-corrected chi connectivity index (χ3v) is 3.11. The van der Waals surface area contributed by atoms with Gasteiger partial charge in [0.05, 0.1) is 0 Å². The van der Waals surface area contributed by atoms with Crippen LogP contribution < -0.4 is 0 Å². The van der Waals surface area contributed by atoms with Gasteiger partial charge in [0.2, 0.25) is 0 Å². The Labute approximate surface area is 95.6 Å². The molecule has 0 aliphatic heterocycles. The van der Waals surface area contributed by atoms with Crippen LogP contribution in [0.15, 0.2) is 0 Å². The van der Waals surface area contributed by atoms with E-state index in [-0.39, 0.29) is 0 Å². The highest BCUT2D eigenvalue weighted by molar-refractivity contribution is 8.06. The fraction of sp³-hybridized carbons (Fsp3) is 1.00. The van der Waals surface area contributed by atoms with E-state index in [1.807, 2.05) is 0 Å². The molecule has 1 fully saturated rings. The minimum Gasteiger partial charge on any atom is -0.387 e. The molecule has 7 atom stereocenters. The molecule has 96 valence electrons. The molecule has 1 aliphatic carbocycles. The zero-order valence-corrected chi connectivity index (χ0v) is 9.57. The van der Waals surface area contributed by atoms with Crippen LogP contribution in [0.1, 0.15) is 0 Å². The first-order chi connectivity index (χ1) is 7.15. The quantitative estimate of drug-likeness (QED) is 0.254. The average Bonchev–Trinajstić information content (AvgIpc) is 2.17. The van der Waals surface area contributed by atoms with E-state index >= 15 is 0 Å². The van der Waals surface area contributed by atoms with Crippen molar-refractivity contribution in [3.63, 3.8) is 0 Å². The Kier molecular flexibility index (Phi) is 4.41. The normalized spacial score (nSPS) is 48.7. The van der Waals surface area contributed by atoms with E-state index in [4.69, 9.17) is 9.79 Å². The van der Waals surface area contributed by atoms with E-state index in [2.05, 4.69) is 16.3 Å². The summed E-state index contributed by atoms with van der Waals surface area (Å²) in [6.07, 6.45) is -10.6. The van der Waals surface area contributed by atoms with Gasteiger partial charge in [0.25, 0.3) is 0 Å². The van der Waals surface area contributed by atoms with Crippen LogP contribution in [-0.4, -0.2) is 71.9 Å². The van der Waals surface area contributed by atoms with E-state index in [1.165, 1.54) is 0 Å². The highest BCUT2D eigenvalue weighted by Crippen LogP contribution is 2.41. The van der Waals surface area contributed by atoms with Crippen molar-refractivity contribution in [1.29, 1.82) is 0 Å². The molecule has 1 aliphatic rings. The number of rotatable bonds is 2. The molecule has 1 rings (SSSR count). The highest BCUT2D eigenvalue weighted by Gasteiger charge is 2.50. The Bertz CT molecular complexity index is 278. The summed E-state index contributed by atoms with van der Waals surface area (Å²) >= 11 is 4.13. The van der Waals surface area contributed by atoms with Crippen molar-refractivity contribution in [3.8, 4) is 0 Å². The van der Waals surface area contributed by atoms with Gasteiger partial charge in [-0.3, -0.25) is 4.52 Å². The van der Waals surface area contributed by atoms with Gasteiger partial charge in [-0.05, 0) is 11.8 Å². The summed E-state index contributed by atoms with van der Waals surface area (Å²) < 4.78 is 4.40. The Balaban J connectivity index is 2.87. The Morgan fingerprint density at radius 3 is 1.50 bits per heavy atom. The SMILES string of the molecule is OC1[C@@H](O)[C@@H](O)C(OP(O)([17OH])=S)[C@H](O)[C@H]1O. The fourth-order valence-electron chi connectivity index (χ4n) is 1.48. The van der Waals surface area contributed by atoms with Crippen molar-refractivity contribution in [2.45, 2.75) is 36.6 Å². The maximum atomic E-state index is 9.40. The molecule has 10 heteroatoms.